The van der Waals surface area contributed by atoms with Crippen molar-refractivity contribution in [2.24, 2.45) is 0 Å². The zero-order chi connectivity index (χ0) is 11.6. The van der Waals surface area contributed by atoms with Crippen molar-refractivity contribution < 1.29 is 1.43 Å². The molecule has 1 aliphatic heterocycles. The van der Waals surface area contributed by atoms with Crippen molar-refractivity contribution in [1.29, 1.82) is 0 Å². The maximum absolute atomic E-state index is 2.53. The lowest BCUT2D eigenvalue weighted by Gasteiger charge is -2.47. The van der Waals surface area contributed by atoms with Gasteiger partial charge < -0.3 is 0 Å². The second kappa shape index (κ2) is 5.28. The molecule has 0 N–H and O–H groups in total. The van der Waals surface area contributed by atoms with Crippen LogP contribution in [0.5, 0.6) is 0 Å². The van der Waals surface area contributed by atoms with E-state index in [1.54, 1.807) is 0 Å². The molecule has 0 radical (unpaired) electrons. The van der Waals surface area contributed by atoms with E-state index in [1.807, 2.05) is 0 Å². The van der Waals surface area contributed by atoms with Crippen molar-refractivity contribution in [2.75, 3.05) is 20.0 Å². The Labute approximate surface area is 96.5 Å². The summed E-state index contributed by atoms with van der Waals surface area (Å²) in [5, 5.41) is 0. The summed E-state index contributed by atoms with van der Waals surface area (Å²) in [6.45, 7) is 17.0. The Bertz CT molecular complexity index is 155. The van der Waals surface area contributed by atoms with Gasteiger partial charge in [-0.05, 0) is 41.5 Å². The third kappa shape index (κ3) is 3.44. The van der Waals surface area contributed by atoms with Gasteiger partial charge in [0.15, 0.2) is 0 Å². The predicted molar refractivity (Wildman–Crippen MR) is 66.6 cm³/mol. The lowest BCUT2D eigenvalue weighted by atomic mass is 10.2. The van der Waals surface area contributed by atoms with Crippen molar-refractivity contribution in [3.05, 3.63) is 0 Å². The van der Waals surface area contributed by atoms with Crippen molar-refractivity contribution in [3.63, 3.8) is 0 Å². The van der Waals surface area contributed by atoms with Crippen LogP contribution in [0.4, 0.5) is 0 Å². The smallest absolute Gasteiger partial charge is 0.275 e. The normalized spacial score (nSPS) is 22.2. The summed E-state index contributed by atoms with van der Waals surface area (Å²) in [6.07, 6.45) is 0. The summed E-state index contributed by atoms with van der Waals surface area (Å²) in [5.74, 6) is 0. The molecule has 0 aromatic carbocycles. The lowest BCUT2D eigenvalue weighted by Crippen LogP contribution is -2.59. The molecule has 0 unspecified atom stereocenters. The van der Waals surface area contributed by atoms with Crippen LogP contribution in [0.2, 0.25) is 0 Å². The number of nitrogens with zero attached hydrogens (tertiary/aromatic N) is 3. The zero-order valence-corrected chi connectivity index (χ0v) is 11.2. The van der Waals surface area contributed by atoms with Gasteiger partial charge in [-0.25, -0.2) is 0 Å². The van der Waals surface area contributed by atoms with E-state index in [2.05, 4.69) is 56.2 Å². The van der Waals surface area contributed by atoms with Crippen LogP contribution in [0.25, 0.3) is 0 Å². The Balaban J connectivity index is 0.00000225. The molecule has 3 heteroatoms. The van der Waals surface area contributed by atoms with Crippen LogP contribution in [-0.2, 0) is 0 Å². The van der Waals surface area contributed by atoms with E-state index in [-0.39, 0.29) is 1.43 Å². The fraction of sp³-hybridized carbons (Fsp3) is 1.00. The maximum Gasteiger partial charge on any atom is 1.00 e. The van der Waals surface area contributed by atoms with E-state index in [1.165, 1.54) is 0 Å². The zero-order valence-electron chi connectivity index (χ0n) is 12.2. The molecule has 1 heterocycles. The maximum atomic E-state index is 2.53. The summed E-state index contributed by atoms with van der Waals surface area (Å²) in [7, 11) is 0. The van der Waals surface area contributed by atoms with E-state index in [9.17, 15) is 0 Å². The van der Waals surface area contributed by atoms with Gasteiger partial charge in [-0.15, -0.1) is 0 Å². The van der Waals surface area contributed by atoms with Gasteiger partial charge in [0.1, 0.15) is 0 Å². The minimum atomic E-state index is 0. The minimum absolute atomic E-state index is 0. The average molecular weight is 214 g/mol. The van der Waals surface area contributed by atoms with E-state index in [0.717, 1.165) is 20.0 Å². The molecule has 1 saturated heterocycles. The van der Waals surface area contributed by atoms with Crippen LogP contribution in [0.3, 0.4) is 0 Å². The molecule has 1 aliphatic rings. The molecular weight excluding hydrogens is 186 g/mol. The van der Waals surface area contributed by atoms with Gasteiger partial charge >= 0.3 is 1.43 Å². The van der Waals surface area contributed by atoms with Crippen molar-refractivity contribution in [2.45, 2.75) is 59.7 Å². The van der Waals surface area contributed by atoms with Crippen LogP contribution < -0.4 is 0 Å². The third-order valence-corrected chi connectivity index (χ3v) is 3.28. The quantitative estimate of drug-likeness (QED) is 0.712. The fourth-order valence-corrected chi connectivity index (χ4v) is 1.81. The molecule has 0 aliphatic carbocycles. The Morgan fingerprint density at radius 2 is 0.800 bits per heavy atom. The molecule has 0 aromatic rings. The summed E-state index contributed by atoms with van der Waals surface area (Å²) >= 11 is 0. The van der Waals surface area contributed by atoms with Crippen molar-refractivity contribution in [1.82, 2.24) is 14.7 Å². The summed E-state index contributed by atoms with van der Waals surface area (Å²) < 4.78 is 0. The second-order valence-electron chi connectivity index (χ2n) is 5.47. The molecule has 0 bridgehead atoms. The Kier molecular flexibility index (Phi) is 4.56. The Morgan fingerprint density at radius 1 is 0.600 bits per heavy atom. The fourth-order valence-electron chi connectivity index (χ4n) is 1.81. The third-order valence-electron chi connectivity index (χ3n) is 3.28. The number of rotatable bonds is 3. The average Bonchev–Trinajstić information content (AvgIpc) is 2.16. The minimum Gasteiger partial charge on any atom is -0.275 e. The first-order valence-corrected chi connectivity index (χ1v) is 6.14. The van der Waals surface area contributed by atoms with Gasteiger partial charge in [0.05, 0.1) is 20.0 Å². The van der Waals surface area contributed by atoms with Crippen LogP contribution in [-0.4, -0.2) is 52.8 Å². The molecule has 0 atom stereocenters. The van der Waals surface area contributed by atoms with Gasteiger partial charge in [-0.2, -0.15) is 0 Å². The molecule has 90 valence electrons. The SMILES string of the molecule is CC(C)N1CN(C(C)C)CN(C(C)C)C1.[H+]. The van der Waals surface area contributed by atoms with Gasteiger partial charge in [0.2, 0.25) is 0 Å². The summed E-state index contributed by atoms with van der Waals surface area (Å²) in [4.78, 5) is 7.59. The number of hydrogen-bond donors (Lipinski definition) is 0. The monoisotopic (exact) mass is 214 g/mol. The van der Waals surface area contributed by atoms with Crippen LogP contribution >= 0.6 is 0 Å². The first-order valence-electron chi connectivity index (χ1n) is 6.14. The molecule has 0 spiro atoms. The van der Waals surface area contributed by atoms with Crippen LogP contribution in [0.1, 0.15) is 43.0 Å². The van der Waals surface area contributed by atoms with Gasteiger partial charge in [-0.1, -0.05) is 0 Å². The topological polar surface area (TPSA) is 9.72 Å². The molecule has 0 saturated carbocycles. The van der Waals surface area contributed by atoms with Crippen molar-refractivity contribution >= 4 is 0 Å². The first kappa shape index (κ1) is 12.9. The van der Waals surface area contributed by atoms with Gasteiger partial charge in [0.25, 0.3) is 0 Å². The molecule has 3 nitrogen and oxygen atoms in total. The molecule has 0 aromatic heterocycles. The lowest BCUT2D eigenvalue weighted by molar-refractivity contribution is -0.0698. The van der Waals surface area contributed by atoms with Crippen LogP contribution in [0, 0.1) is 0 Å². The van der Waals surface area contributed by atoms with Gasteiger partial charge in [0, 0.05) is 18.1 Å². The Morgan fingerprint density at radius 3 is 0.933 bits per heavy atom. The highest BCUT2D eigenvalue weighted by atomic mass is 15.5. The highest BCUT2D eigenvalue weighted by Gasteiger charge is 2.27. The van der Waals surface area contributed by atoms with Crippen LogP contribution in [0.15, 0.2) is 0 Å². The predicted octanol–water partition coefficient (Wildman–Crippen LogP) is 2.12. The largest absolute Gasteiger partial charge is 1.00 e. The van der Waals surface area contributed by atoms with Gasteiger partial charge in [-0.3, -0.25) is 14.7 Å². The molecule has 1 rings (SSSR count). The number of hydrogen-bond acceptors (Lipinski definition) is 3. The van der Waals surface area contributed by atoms with E-state index < -0.39 is 0 Å². The molecule has 0 amide bonds. The van der Waals surface area contributed by atoms with E-state index >= 15 is 0 Å². The van der Waals surface area contributed by atoms with E-state index in [0.29, 0.717) is 18.1 Å². The van der Waals surface area contributed by atoms with Crippen molar-refractivity contribution in [3.8, 4) is 0 Å². The Hall–Kier alpha value is -0.120. The summed E-state index contributed by atoms with van der Waals surface area (Å²) in [6, 6.07) is 1.90. The highest BCUT2D eigenvalue weighted by Crippen LogP contribution is 2.15. The highest BCUT2D eigenvalue weighted by molar-refractivity contribution is 4.75. The molecular formula is C12H28N3+. The van der Waals surface area contributed by atoms with E-state index in [4.69, 9.17) is 0 Å². The first-order chi connectivity index (χ1) is 6.91. The molecule has 15 heavy (non-hydrogen) atoms. The summed E-state index contributed by atoms with van der Waals surface area (Å²) in [5.41, 5.74) is 0. The molecule has 1 fully saturated rings. The standard InChI is InChI=1S/C12H27N3/c1-10(2)13-7-14(11(3)4)9-15(8-13)12(5)6/h10-12H,7-9H2,1-6H3/p+1. The second-order valence-corrected chi connectivity index (χ2v) is 5.47.